The van der Waals surface area contributed by atoms with Gasteiger partial charge in [0.25, 0.3) is 0 Å². The Morgan fingerprint density at radius 1 is 1.42 bits per heavy atom. The lowest BCUT2D eigenvalue weighted by Gasteiger charge is -2.15. The number of halogens is 1. The van der Waals surface area contributed by atoms with Gasteiger partial charge in [-0.25, -0.2) is 0 Å². The zero-order valence-corrected chi connectivity index (χ0v) is 8.82. The summed E-state index contributed by atoms with van der Waals surface area (Å²) in [6.07, 6.45) is 1.44. The van der Waals surface area contributed by atoms with Crippen LogP contribution in [-0.4, -0.2) is 17.8 Å². The molecule has 2 nitrogen and oxygen atoms in total. The predicted octanol–water partition coefficient (Wildman–Crippen LogP) is 2.17. The van der Waals surface area contributed by atoms with Gasteiger partial charge < -0.3 is 5.32 Å². The van der Waals surface area contributed by atoms with Gasteiger partial charge in [0.1, 0.15) is 0 Å². The SMILES string of the molecule is CC(C)CC(C)NC(=O)CCCl. The molecule has 0 heterocycles. The van der Waals surface area contributed by atoms with Gasteiger partial charge in [0.2, 0.25) is 5.91 Å². The number of carbonyl (C=O) groups is 1. The van der Waals surface area contributed by atoms with Crippen LogP contribution in [0, 0.1) is 5.92 Å². The van der Waals surface area contributed by atoms with Crippen LogP contribution >= 0.6 is 11.6 Å². The molecule has 0 aliphatic carbocycles. The standard InChI is InChI=1S/C9H18ClNO/c1-7(2)6-8(3)11-9(12)4-5-10/h7-8H,4-6H2,1-3H3,(H,11,12). The van der Waals surface area contributed by atoms with Gasteiger partial charge in [0, 0.05) is 18.3 Å². The summed E-state index contributed by atoms with van der Waals surface area (Å²) >= 11 is 5.42. The molecule has 0 radical (unpaired) electrons. The molecule has 0 saturated heterocycles. The fourth-order valence-corrected chi connectivity index (χ4v) is 1.37. The van der Waals surface area contributed by atoms with Crippen LogP contribution in [0.5, 0.6) is 0 Å². The van der Waals surface area contributed by atoms with Crippen LogP contribution in [0.1, 0.15) is 33.6 Å². The van der Waals surface area contributed by atoms with E-state index in [4.69, 9.17) is 11.6 Å². The molecule has 0 aliphatic heterocycles. The first-order valence-corrected chi connectivity index (χ1v) is 4.95. The van der Waals surface area contributed by atoms with Gasteiger partial charge in [-0.05, 0) is 19.3 Å². The van der Waals surface area contributed by atoms with Crippen molar-refractivity contribution >= 4 is 17.5 Å². The van der Waals surface area contributed by atoms with Gasteiger partial charge in [-0.1, -0.05) is 13.8 Å². The minimum atomic E-state index is 0.0538. The summed E-state index contributed by atoms with van der Waals surface area (Å²) in [7, 11) is 0. The smallest absolute Gasteiger partial charge is 0.221 e. The fourth-order valence-electron chi connectivity index (χ4n) is 1.20. The summed E-state index contributed by atoms with van der Waals surface area (Å²) in [5, 5.41) is 2.89. The molecule has 1 amide bonds. The van der Waals surface area contributed by atoms with Crippen LogP contribution in [-0.2, 0) is 4.79 Å². The lowest BCUT2D eigenvalue weighted by molar-refractivity contribution is -0.121. The third-order valence-corrected chi connectivity index (χ3v) is 1.74. The highest BCUT2D eigenvalue weighted by atomic mass is 35.5. The van der Waals surface area contributed by atoms with Gasteiger partial charge in [-0.3, -0.25) is 4.79 Å². The van der Waals surface area contributed by atoms with Crippen LogP contribution in [0.25, 0.3) is 0 Å². The number of carbonyl (C=O) groups excluding carboxylic acids is 1. The number of rotatable bonds is 5. The zero-order chi connectivity index (χ0) is 9.56. The van der Waals surface area contributed by atoms with Gasteiger partial charge in [0.15, 0.2) is 0 Å². The fraction of sp³-hybridized carbons (Fsp3) is 0.889. The first-order chi connectivity index (χ1) is 5.56. The molecule has 3 heteroatoms. The van der Waals surface area contributed by atoms with E-state index in [1.54, 1.807) is 0 Å². The first-order valence-electron chi connectivity index (χ1n) is 4.41. The number of alkyl halides is 1. The summed E-state index contributed by atoms with van der Waals surface area (Å²) in [6, 6.07) is 0.265. The van der Waals surface area contributed by atoms with Crippen LogP contribution in [0.2, 0.25) is 0 Å². The van der Waals surface area contributed by atoms with E-state index in [0.29, 0.717) is 18.2 Å². The van der Waals surface area contributed by atoms with Crippen LogP contribution < -0.4 is 5.32 Å². The van der Waals surface area contributed by atoms with Crippen molar-refractivity contribution in [1.82, 2.24) is 5.32 Å². The van der Waals surface area contributed by atoms with Gasteiger partial charge >= 0.3 is 0 Å². The molecule has 0 rings (SSSR count). The van der Waals surface area contributed by atoms with E-state index in [-0.39, 0.29) is 11.9 Å². The third-order valence-electron chi connectivity index (χ3n) is 1.55. The molecule has 0 fully saturated rings. The van der Waals surface area contributed by atoms with E-state index in [2.05, 4.69) is 19.2 Å². The Balaban J connectivity index is 3.54. The van der Waals surface area contributed by atoms with E-state index in [1.165, 1.54) is 0 Å². The Morgan fingerprint density at radius 2 is 2.00 bits per heavy atom. The lowest BCUT2D eigenvalue weighted by Crippen LogP contribution is -2.33. The number of nitrogens with one attached hydrogen (secondary N) is 1. The number of amides is 1. The molecule has 12 heavy (non-hydrogen) atoms. The molecule has 1 unspecified atom stereocenters. The van der Waals surface area contributed by atoms with Crippen molar-refractivity contribution in [2.75, 3.05) is 5.88 Å². The highest BCUT2D eigenvalue weighted by Crippen LogP contribution is 2.03. The third kappa shape index (κ3) is 6.47. The topological polar surface area (TPSA) is 29.1 Å². The van der Waals surface area contributed by atoms with E-state index in [9.17, 15) is 4.79 Å². The Kier molecular flexibility index (Phi) is 6.17. The van der Waals surface area contributed by atoms with E-state index in [0.717, 1.165) is 6.42 Å². The lowest BCUT2D eigenvalue weighted by atomic mass is 10.1. The van der Waals surface area contributed by atoms with Crippen LogP contribution in [0.4, 0.5) is 0 Å². The molecule has 0 aromatic rings. The molecule has 0 saturated carbocycles. The van der Waals surface area contributed by atoms with Gasteiger partial charge in [-0.15, -0.1) is 11.6 Å². The second-order valence-electron chi connectivity index (χ2n) is 3.54. The minimum Gasteiger partial charge on any atom is -0.354 e. The second kappa shape index (κ2) is 6.30. The molecule has 0 aliphatic rings. The van der Waals surface area contributed by atoms with E-state index < -0.39 is 0 Å². The van der Waals surface area contributed by atoms with Crippen molar-refractivity contribution < 1.29 is 4.79 Å². The molecule has 0 bridgehead atoms. The maximum absolute atomic E-state index is 11.0. The maximum atomic E-state index is 11.0. The maximum Gasteiger partial charge on any atom is 0.221 e. The van der Waals surface area contributed by atoms with E-state index in [1.807, 2.05) is 6.92 Å². The highest BCUT2D eigenvalue weighted by molar-refractivity contribution is 6.18. The van der Waals surface area contributed by atoms with Crippen molar-refractivity contribution in [3.8, 4) is 0 Å². The quantitative estimate of drug-likeness (QED) is 0.664. The average molecular weight is 192 g/mol. The predicted molar refractivity (Wildman–Crippen MR) is 52.4 cm³/mol. The van der Waals surface area contributed by atoms with Crippen molar-refractivity contribution in [2.24, 2.45) is 5.92 Å². The van der Waals surface area contributed by atoms with Crippen molar-refractivity contribution in [2.45, 2.75) is 39.7 Å². The molecule has 0 aromatic heterocycles. The molecule has 1 N–H and O–H groups in total. The monoisotopic (exact) mass is 191 g/mol. The number of hydrogen-bond donors (Lipinski definition) is 1. The summed E-state index contributed by atoms with van der Waals surface area (Å²) in [6.45, 7) is 6.31. The number of hydrogen-bond acceptors (Lipinski definition) is 1. The Bertz CT molecular complexity index is 136. The Hall–Kier alpha value is -0.240. The van der Waals surface area contributed by atoms with Crippen molar-refractivity contribution in [3.05, 3.63) is 0 Å². The molecular weight excluding hydrogens is 174 g/mol. The van der Waals surface area contributed by atoms with E-state index >= 15 is 0 Å². The highest BCUT2D eigenvalue weighted by Gasteiger charge is 2.07. The summed E-state index contributed by atoms with van der Waals surface area (Å²) in [5.41, 5.74) is 0. The molecule has 72 valence electrons. The second-order valence-corrected chi connectivity index (χ2v) is 3.92. The Morgan fingerprint density at radius 3 is 2.42 bits per heavy atom. The van der Waals surface area contributed by atoms with Gasteiger partial charge in [0.05, 0.1) is 0 Å². The molecular formula is C9H18ClNO. The summed E-state index contributed by atoms with van der Waals surface area (Å²) in [4.78, 5) is 11.0. The van der Waals surface area contributed by atoms with Crippen LogP contribution in [0.15, 0.2) is 0 Å². The normalized spacial score (nSPS) is 13.1. The average Bonchev–Trinajstić information content (AvgIpc) is 1.84. The summed E-state index contributed by atoms with van der Waals surface area (Å²) in [5.74, 6) is 1.08. The molecule has 1 atom stereocenters. The zero-order valence-electron chi connectivity index (χ0n) is 8.06. The molecule has 0 aromatic carbocycles. The van der Waals surface area contributed by atoms with Gasteiger partial charge in [-0.2, -0.15) is 0 Å². The largest absolute Gasteiger partial charge is 0.354 e. The van der Waals surface area contributed by atoms with Crippen molar-refractivity contribution in [3.63, 3.8) is 0 Å². The summed E-state index contributed by atoms with van der Waals surface area (Å²) < 4.78 is 0. The minimum absolute atomic E-state index is 0.0538. The van der Waals surface area contributed by atoms with Crippen molar-refractivity contribution in [1.29, 1.82) is 0 Å². The molecule has 0 spiro atoms. The first kappa shape index (κ1) is 11.8. The Labute approximate surface area is 79.7 Å². The van der Waals surface area contributed by atoms with Crippen LogP contribution in [0.3, 0.4) is 0 Å².